The minimum absolute atomic E-state index is 0.336. The van der Waals surface area contributed by atoms with Crippen molar-refractivity contribution in [1.29, 1.82) is 0 Å². The smallest absolute Gasteiger partial charge is 0.0830 e. The number of benzene rings is 1. The molecule has 0 amide bonds. The van der Waals surface area contributed by atoms with Crippen LogP contribution in [0.4, 0.5) is 0 Å². The Morgan fingerprint density at radius 3 is 1.92 bits per heavy atom. The van der Waals surface area contributed by atoms with E-state index in [1.165, 1.54) is 51.4 Å². The molecule has 0 aliphatic carbocycles. The molecule has 0 fully saturated rings. The predicted molar refractivity (Wildman–Crippen MR) is 110 cm³/mol. The molecule has 0 radical (unpaired) electrons. The number of aliphatic hydroxyl groups is 1. The van der Waals surface area contributed by atoms with Gasteiger partial charge in [-0.25, -0.2) is 0 Å². The molecule has 0 aromatic heterocycles. The van der Waals surface area contributed by atoms with Crippen LogP contribution in [0.15, 0.2) is 30.3 Å². The number of unbranched alkanes of at least 4 members (excludes halogenated alkanes) is 7. The van der Waals surface area contributed by atoms with Crippen LogP contribution in [0, 0.1) is 5.92 Å². The lowest BCUT2D eigenvalue weighted by molar-refractivity contribution is 0.0746. The van der Waals surface area contributed by atoms with Crippen molar-refractivity contribution in [3.8, 4) is 0 Å². The zero-order valence-electron chi connectivity index (χ0n) is 16.9. The highest BCUT2D eigenvalue weighted by Gasteiger charge is 2.22. The van der Waals surface area contributed by atoms with Gasteiger partial charge in [0.1, 0.15) is 0 Å². The van der Waals surface area contributed by atoms with Gasteiger partial charge in [-0.3, -0.25) is 0 Å². The number of hydrogen-bond acceptors (Lipinski definition) is 2. The first-order valence-corrected chi connectivity index (χ1v) is 10.7. The van der Waals surface area contributed by atoms with Gasteiger partial charge in [0.2, 0.25) is 0 Å². The summed E-state index contributed by atoms with van der Waals surface area (Å²) < 4.78 is 0. The quantitative estimate of drug-likeness (QED) is 0.381. The topological polar surface area (TPSA) is 23.5 Å². The third-order valence-electron chi connectivity index (χ3n) is 5.40. The maximum atomic E-state index is 10.9. The highest BCUT2D eigenvalue weighted by Crippen LogP contribution is 2.27. The molecule has 2 nitrogen and oxygen atoms in total. The molecule has 0 aliphatic heterocycles. The van der Waals surface area contributed by atoms with Crippen LogP contribution in [0.1, 0.15) is 90.2 Å². The van der Waals surface area contributed by atoms with Gasteiger partial charge in [-0.2, -0.15) is 0 Å². The molecule has 2 heteroatoms. The SMILES string of the molecule is CCCCCCCCCC[C@@H](CN(CC)CC)[C@@H](O)c1ccccc1. The molecular weight excluding hydrogens is 306 g/mol. The van der Waals surface area contributed by atoms with Gasteiger partial charge >= 0.3 is 0 Å². The summed E-state index contributed by atoms with van der Waals surface area (Å²) in [5.74, 6) is 0.336. The molecule has 1 N–H and O–H groups in total. The molecule has 1 aromatic rings. The normalized spacial score (nSPS) is 14.0. The van der Waals surface area contributed by atoms with Gasteiger partial charge in [0.25, 0.3) is 0 Å². The van der Waals surface area contributed by atoms with E-state index >= 15 is 0 Å². The van der Waals surface area contributed by atoms with E-state index in [9.17, 15) is 5.11 Å². The average molecular weight is 348 g/mol. The molecule has 0 aliphatic rings. The highest BCUT2D eigenvalue weighted by atomic mass is 16.3. The summed E-state index contributed by atoms with van der Waals surface area (Å²) in [4.78, 5) is 2.45. The Morgan fingerprint density at radius 2 is 1.36 bits per heavy atom. The molecule has 1 aromatic carbocycles. The Labute approximate surface area is 156 Å². The molecule has 0 saturated carbocycles. The standard InChI is InChI=1S/C23H41NO/c1-4-7-8-9-10-11-12-14-19-22(20-24(5-2)6-3)23(25)21-17-15-13-16-18-21/h13,15-18,22-23,25H,4-12,14,19-20H2,1-3H3/t22-,23-/m0/s1. The van der Waals surface area contributed by atoms with Crippen molar-refractivity contribution in [2.24, 2.45) is 5.92 Å². The Hall–Kier alpha value is -0.860. The van der Waals surface area contributed by atoms with Crippen LogP contribution >= 0.6 is 0 Å². The molecule has 25 heavy (non-hydrogen) atoms. The molecule has 0 bridgehead atoms. The van der Waals surface area contributed by atoms with E-state index in [4.69, 9.17) is 0 Å². The van der Waals surface area contributed by atoms with E-state index in [0.717, 1.165) is 31.6 Å². The van der Waals surface area contributed by atoms with Crippen LogP contribution in [0.25, 0.3) is 0 Å². The summed E-state index contributed by atoms with van der Waals surface area (Å²) in [6, 6.07) is 10.2. The number of hydrogen-bond donors (Lipinski definition) is 1. The first-order chi connectivity index (χ1) is 12.2. The minimum atomic E-state index is -0.341. The van der Waals surface area contributed by atoms with E-state index < -0.39 is 0 Å². The van der Waals surface area contributed by atoms with Gasteiger partial charge in [0.05, 0.1) is 6.10 Å². The molecule has 0 unspecified atom stereocenters. The van der Waals surface area contributed by atoms with Crippen molar-refractivity contribution in [2.75, 3.05) is 19.6 Å². The van der Waals surface area contributed by atoms with Crippen molar-refractivity contribution in [1.82, 2.24) is 4.90 Å². The van der Waals surface area contributed by atoms with Crippen LogP contribution < -0.4 is 0 Å². The lowest BCUT2D eigenvalue weighted by Crippen LogP contribution is -2.32. The van der Waals surface area contributed by atoms with Crippen molar-refractivity contribution < 1.29 is 5.11 Å². The monoisotopic (exact) mass is 347 g/mol. The van der Waals surface area contributed by atoms with E-state index in [1.54, 1.807) is 0 Å². The zero-order valence-corrected chi connectivity index (χ0v) is 16.9. The van der Waals surface area contributed by atoms with E-state index in [2.05, 4.69) is 37.8 Å². The van der Waals surface area contributed by atoms with Crippen molar-refractivity contribution in [3.05, 3.63) is 35.9 Å². The number of rotatable bonds is 15. The summed E-state index contributed by atoms with van der Waals surface area (Å²) in [7, 11) is 0. The third-order valence-corrected chi connectivity index (χ3v) is 5.40. The van der Waals surface area contributed by atoms with Gasteiger partial charge in [-0.1, -0.05) is 102 Å². The van der Waals surface area contributed by atoms with Crippen molar-refractivity contribution in [2.45, 2.75) is 84.7 Å². The van der Waals surface area contributed by atoms with Gasteiger partial charge in [0, 0.05) is 12.5 Å². The zero-order chi connectivity index (χ0) is 18.3. The highest BCUT2D eigenvalue weighted by molar-refractivity contribution is 5.18. The summed E-state index contributed by atoms with van der Waals surface area (Å²) in [5, 5.41) is 10.9. The molecule has 0 heterocycles. The molecule has 1 rings (SSSR count). The molecule has 0 spiro atoms. The summed E-state index contributed by atoms with van der Waals surface area (Å²) >= 11 is 0. The molecule has 0 saturated heterocycles. The van der Waals surface area contributed by atoms with Gasteiger partial charge in [0.15, 0.2) is 0 Å². The van der Waals surface area contributed by atoms with E-state index in [-0.39, 0.29) is 6.10 Å². The van der Waals surface area contributed by atoms with Gasteiger partial charge < -0.3 is 10.0 Å². The summed E-state index contributed by atoms with van der Waals surface area (Å²) in [5.41, 5.74) is 1.07. The maximum absolute atomic E-state index is 10.9. The summed E-state index contributed by atoms with van der Waals surface area (Å²) in [6.07, 6.45) is 11.6. The Balaban J connectivity index is 2.43. The second kappa shape index (κ2) is 14.3. The van der Waals surface area contributed by atoms with Crippen LogP contribution in [0.2, 0.25) is 0 Å². The van der Waals surface area contributed by atoms with Crippen LogP contribution in [-0.2, 0) is 0 Å². The van der Waals surface area contributed by atoms with E-state index in [0.29, 0.717) is 5.92 Å². The Morgan fingerprint density at radius 1 is 0.800 bits per heavy atom. The fourth-order valence-corrected chi connectivity index (χ4v) is 3.63. The molecule has 144 valence electrons. The first kappa shape index (κ1) is 22.2. The van der Waals surface area contributed by atoms with Crippen molar-refractivity contribution >= 4 is 0 Å². The lowest BCUT2D eigenvalue weighted by atomic mass is 9.90. The second-order valence-electron chi connectivity index (χ2n) is 7.36. The van der Waals surface area contributed by atoms with E-state index in [1.807, 2.05) is 18.2 Å². The van der Waals surface area contributed by atoms with Gasteiger partial charge in [-0.05, 0) is 25.1 Å². The average Bonchev–Trinajstić information content (AvgIpc) is 2.66. The Bertz CT molecular complexity index is 402. The molecular formula is C23H41NO. The van der Waals surface area contributed by atoms with Crippen molar-refractivity contribution in [3.63, 3.8) is 0 Å². The third kappa shape index (κ3) is 9.42. The predicted octanol–water partition coefficient (Wildman–Crippen LogP) is 6.21. The van der Waals surface area contributed by atoms with Crippen LogP contribution in [0.3, 0.4) is 0 Å². The first-order valence-electron chi connectivity index (χ1n) is 10.7. The van der Waals surface area contributed by atoms with Gasteiger partial charge in [-0.15, -0.1) is 0 Å². The van der Waals surface area contributed by atoms with Crippen LogP contribution in [-0.4, -0.2) is 29.6 Å². The number of aliphatic hydroxyl groups excluding tert-OH is 1. The molecule has 2 atom stereocenters. The fourth-order valence-electron chi connectivity index (χ4n) is 3.63. The van der Waals surface area contributed by atoms with Crippen LogP contribution in [0.5, 0.6) is 0 Å². The Kier molecular flexibility index (Phi) is 12.7. The largest absolute Gasteiger partial charge is 0.388 e. The fraction of sp³-hybridized carbons (Fsp3) is 0.739. The summed E-state index contributed by atoms with van der Waals surface area (Å²) in [6.45, 7) is 9.82. The second-order valence-corrected chi connectivity index (χ2v) is 7.36. The number of nitrogens with zero attached hydrogens (tertiary/aromatic N) is 1. The lowest BCUT2D eigenvalue weighted by Gasteiger charge is -2.29. The minimum Gasteiger partial charge on any atom is -0.388 e. The maximum Gasteiger partial charge on any atom is 0.0830 e.